The van der Waals surface area contributed by atoms with E-state index in [4.69, 9.17) is 0 Å². The number of hydrogen-bond donors (Lipinski definition) is 1. The molecule has 1 aliphatic carbocycles. The molecule has 1 aromatic rings. The molecule has 0 amide bonds. The Balaban J connectivity index is 1.99. The number of nitrogens with one attached hydrogen (secondary N) is 1. The van der Waals surface area contributed by atoms with Gasteiger partial charge in [0, 0.05) is 17.3 Å². The van der Waals surface area contributed by atoms with Crippen LogP contribution in [-0.4, -0.2) is 11.0 Å². The SMILES string of the molecule is CC(C)Nc1nc(C2CCCCC2)cs1. The highest BCUT2D eigenvalue weighted by Crippen LogP contribution is 2.34. The summed E-state index contributed by atoms with van der Waals surface area (Å²) in [5.74, 6) is 0.734. The third-order valence-corrected chi connectivity index (χ3v) is 3.75. The second-order valence-electron chi connectivity index (χ2n) is 4.71. The van der Waals surface area contributed by atoms with Crippen LogP contribution in [0.2, 0.25) is 0 Å². The van der Waals surface area contributed by atoms with Gasteiger partial charge in [0.1, 0.15) is 0 Å². The van der Waals surface area contributed by atoms with Gasteiger partial charge in [0.2, 0.25) is 0 Å². The topological polar surface area (TPSA) is 24.9 Å². The molecule has 1 saturated carbocycles. The fourth-order valence-corrected chi connectivity index (χ4v) is 3.12. The molecule has 2 nitrogen and oxygen atoms in total. The first kappa shape index (κ1) is 10.9. The highest BCUT2D eigenvalue weighted by Gasteiger charge is 2.18. The van der Waals surface area contributed by atoms with Crippen LogP contribution in [0, 0.1) is 0 Å². The predicted molar refractivity (Wildman–Crippen MR) is 66.7 cm³/mol. The molecule has 3 heteroatoms. The quantitative estimate of drug-likeness (QED) is 0.839. The molecule has 0 atom stereocenters. The predicted octanol–water partition coefficient (Wildman–Crippen LogP) is 4.01. The van der Waals surface area contributed by atoms with Crippen molar-refractivity contribution < 1.29 is 0 Å². The van der Waals surface area contributed by atoms with Crippen molar-refractivity contribution in [3.8, 4) is 0 Å². The van der Waals surface area contributed by atoms with Crippen LogP contribution in [0.1, 0.15) is 57.6 Å². The van der Waals surface area contributed by atoms with E-state index in [1.807, 2.05) is 0 Å². The molecule has 84 valence electrons. The lowest BCUT2D eigenvalue weighted by Gasteiger charge is -2.19. The zero-order valence-electron chi connectivity index (χ0n) is 9.62. The molecule has 1 heterocycles. The van der Waals surface area contributed by atoms with Crippen LogP contribution in [0.4, 0.5) is 5.13 Å². The molecule has 0 aliphatic heterocycles. The minimum atomic E-state index is 0.482. The fraction of sp³-hybridized carbons (Fsp3) is 0.750. The zero-order valence-corrected chi connectivity index (χ0v) is 10.4. The zero-order chi connectivity index (χ0) is 10.7. The Hall–Kier alpha value is -0.570. The third kappa shape index (κ3) is 2.94. The van der Waals surface area contributed by atoms with E-state index < -0.39 is 0 Å². The van der Waals surface area contributed by atoms with Gasteiger partial charge in [-0.15, -0.1) is 11.3 Å². The average molecular weight is 224 g/mol. The van der Waals surface area contributed by atoms with Gasteiger partial charge in [-0.1, -0.05) is 19.3 Å². The molecule has 1 aliphatic rings. The summed E-state index contributed by atoms with van der Waals surface area (Å²) >= 11 is 1.75. The molecule has 2 rings (SSSR count). The summed E-state index contributed by atoms with van der Waals surface area (Å²) in [7, 11) is 0. The van der Waals surface area contributed by atoms with Gasteiger partial charge < -0.3 is 5.32 Å². The lowest BCUT2D eigenvalue weighted by atomic mass is 9.87. The van der Waals surface area contributed by atoms with Crippen LogP contribution in [0.5, 0.6) is 0 Å². The Labute approximate surface area is 96.1 Å². The Morgan fingerprint density at radius 1 is 1.33 bits per heavy atom. The third-order valence-electron chi connectivity index (χ3n) is 2.96. The van der Waals surface area contributed by atoms with Crippen molar-refractivity contribution in [1.82, 2.24) is 4.98 Å². The normalized spacial score (nSPS) is 18.3. The first-order chi connectivity index (χ1) is 7.25. The number of aromatic nitrogens is 1. The Morgan fingerprint density at radius 2 is 2.07 bits per heavy atom. The molecule has 0 aromatic carbocycles. The molecule has 0 spiro atoms. The number of thiazole rings is 1. The van der Waals surface area contributed by atoms with Crippen molar-refractivity contribution in [2.45, 2.75) is 57.9 Å². The molecule has 0 saturated heterocycles. The van der Waals surface area contributed by atoms with E-state index in [0.29, 0.717) is 6.04 Å². The van der Waals surface area contributed by atoms with Gasteiger partial charge in [-0.25, -0.2) is 4.98 Å². The minimum Gasteiger partial charge on any atom is -0.359 e. The summed E-state index contributed by atoms with van der Waals surface area (Å²) in [6.07, 6.45) is 6.86. The number of rotatable bonds is 3. The summed E-state index contributed by atoms with van der Waals surface area (Å²) in [5, 5.41) is 6.70. The van der Waals surface area contributed by atoms with Crippen molar-refractivity contribution in [2.24, 2.45) is 0 Å². The molecule has 1 N–H and O–H groups in total. The van der Waals surface area contributed by atoms with Gasteiger partial charge in [-0.3, -0.25) is 0 Å². The van der Waals surface area contributed by atoms with E-state index in [1.54, 1.807) is 11.3 Å². The van der Waals surface area contributed by atoms with Gasteiger partial charge >= 0.3 is 0 Å². The molecule has 0 bridgehead atoms. The van der Waals surface area contributed by atoms with Crippen molar-refractivity contribution >= 4 is 16.5 Å². The largest absolute Gasteiger partial charge is 0.359 e. The summed E-state index contributed by atoms with van der Waals surface area (Å²) in [4.78, 5) is 4.68. The highest BCUT2D eigenvalue weighted by atomic mass is 32.1. The van der Waals surface area contributed by atoms with E-state index >= 15 is 0 Å². The molecule has 0 unspecified atom stereocenters. The van der Waals surface area contributed by atoms with Crippen molar-refractivity contribution in [1.29, 1.82) is 0 Å². The van der Waals surface area contributed by atoms with Crippen LogP contribution in [-0.2, 0) is 0 Å². The molecule has 15 heavy (non-hydrogen) atoms. The molecule has 1 fully saturated rings. The van der Waals surface area contributed by atoms with Gasteiger partial charge in [0.05, 0.1) is 5.69 Å². The Bertz CT molecular complexity index is 300. The molecular formula is C12H20N2S. The lowest BCUT2D eigenvalue weighted by molar-refractivity contribution is 0.438. The summed E-state index contributed by atoms with van der Waals surface area (Å²) < 4.78 is 0. The molecule has 0 radical (unpaired) electrons. The van der Waals surface area contributed by atoms with Crippen LogP contribution >= 0.6 is 11.3 Å². The van der Waals surface area contributed by atoms with E-state index in [1.165, 1.54) is 37.8 Å². The van der Waals surface area contributed by atoms with Crippen molar-refractivity contribution in [3.05, 3.63) is 11.1 Å². The van der Waals surface area contributed by atoms with Gasteiger partial charge in [0.15, 0.2) is 5.13 Å². The maximum atomic E-state index is 4.68. The van der Waals surface area contributed by atoms with E-state index in [0.717, 1.165) is 11.0 Å². The van der Waals surface area contributed by atoms with Gasteiger partial charge in [-0.05, 0) is 26.7 Å². The van der Waals surface area contributed by atoms with Crippen LogP contribution in [0.15, 0.2) is 5.38 Å². The monoisotopic (exact) mass is 224 g/mol. The maximum absolute atomic E-state index is 4.68. The fourth-order valence-electron chi connectivity index (χ4n) is 2.19. The molecular weight excluding hydrogens is 204 g/mol. The maximum Gasteiger partial charge on any atom is 0.183 e. The Morgan fingerprint density at radius 3 is 2.73 bits per heavy atom. The second kappa shape index (κ2) is 4.97. The van der Waals surface area contributed by atoms with Gasteiger partial charge in [0.25, 0.3) is 0 Å². The first-order valence-electron chi connectivity index (χ1n) is 5.97. The van der Waals surface area contributed by atoms with Crippen molar-refractivity contribution in [3.63, 3.8) is 0 Å². The van der Waals surface area contributed by atoms with Crippen molar-refractivity contribution in [2.75, 3.05) is 5.32 Å². The van der Waals surface area contributed by atoms with Crippen LogP contribution in [0.3, 0.4) is 0 Å². The first-order valence-corrected chi connectivity index (χ1v) is 6.85. The average Bonchev–Trinajstić information content (AvgIpc) is 2.67. The standard InChI is InChI=1S/C12H20N2S/c1-9(2)13-12-14-11(8-15-12)10-6-4-3-5-7-10/h8-10H,3-7H2,1-2H3,(H,13,14). The highest BCUT2D eigenvalue weighted by molar-refractivity contribution is 7.13. The molecule has 1 aromatic heterocycles. The number of anilines is 1. The summed E-state index contributed by atoms with van der Waals surface area (Å²) in [5.41, 5.74) is 1.32. The number of nitrogens with zero attached hydrogens (tertiary/aromatic N) is 1. The Kier molecular flexibility index (Phi) is 3.62. The summed E-state index contributed by atoms with van der Waals surface area (Å²) in [6.45, 7) is 4.31. The van der Waals surface area contributed by atoms with E-state index in [2.05, 4.69) is 29.5 Å². The smallest absolute Gasteiger partial charge is 0.183 e. The lowest BCUT2D eigenvalue weighted by Crippen LogP contribution is -2.10. The van der Waals surface area contributed by atoms with Gasteiger partial charge in [-0.2, -0.15) is 0 Å². The second-order valence-corrected chi connectivity index (χ2v) is 5.57. The van der Waals surface area contributed by atoms with E-state index in [9.17, 15) is 0 Å². The number of hydrogen-bond acceptors (Lipinski definition) is 3. The minimum absolute atomic E-state index is 0.482. The summed E-state index contributed by atoms with van der Waals surface area (Å²) in [6, 6.07) is 0.482. The van der Waals surface area contributed by atoms with Crippen LogP contribution in [0.25, 0.3) is 0 Å². The van der Waals surface area contributed by atoms with Crippen LogP contribution < -0.4 is 5.32 Å². The van der Waals surface area contributed by atoms with E-state index in [-0.39, 0.29) is 0 Å².